The molecule has 0 heterocycles. The molecule has 4 heteroatoms. The fourth-order valence-electron chi connectivity index (χ4n) is 1.29. The number of rotatable bonds is 7. The highest BCUT2D eigenvalue weighted by atomic mass is 32.2. The summed E-state index contributed by atoms with van der Waals surface area (Å²) in [6.45, 7) is 3.99. The quantitative estimate of drug-likeness (QED) is 0.752. The summed E-state index contributed by atoms with van der Waals surface area (Å²) in [6, 6.07) is 9.26. The summed E-state index contributed by atoms with van der Waals surface area (Å²) >= 11 is 0. The minimum absolute atomic E-state index is 0.0186. The Morgan fingerprint density at radius 1 is 1.35 bits per heavy atom. The minimum atomic E-state index is -1.04. The van der Waals surface area contributed by atoms with E-state index in [0.717, 1.165) is 4.90 Å². The lowest BCUT2D eigenvalue weighted by molar-refractivity contribution is -0.120. The number of hydrogen-bond donors (Lipinski definition) is 1. The summed E-state index contributed by atoms with van der Waals surface area (Å²) in [5.74, 6) is 0.430. The van der Waals surface area contributed by atoms with Gasteiger partial charge in [-0.15, -0.1) is 6.58 Å². The van der Waals surface area contributed by atoms with Gasteiger partial charge in [-0.05, 0) is 18.6 Å². The van der Waals surface area contributed by atoms with Gasteiger partial charge in [-0.2, -0.15) is 0 Å². The number of hydrogen-bond acceptors (Lipinski definition) is 2. The number of amides is 1. The molecule has 1 N–H and O–H groups in total. The summed E-state index contributed by atoms with van der Waals surface area (Å²) in [4.78, 5) is 12.1. The maximum atomic E-state index is 11.8. The molecule has 1 amide bonds. The second kappa shape index (κ2) is 7.79. The van der Waals surface area contributed by atoms with Crippen molar-refractivity contribution in [3.05, 3.63) is 43.0 Å². The van der Waals surface area contributed by atoms with Crippen LogP contribution in [0.5, 0.6) is 0 Å². The van der Waals surface area contributed by atoms with Gasteiger partial charge in [0.15, 0.2) is 0 Å². The van der Waals surface area contributed by atoms with Crippen LogP contribution < -0.4 is 5.32 Å². The normalized spacial score (nSPS) is 11.8. The number of carbonyl (C=O) groups is 1. The van der Waals surface area contributed by atoms with Crippen LogP contribution in [0.4, 0.5) is 0 Å². The van der Waals surface area contributed by atoms with Gasteiger partial charge >= 0.3 is 0 Å². The van der Waals surface area contributed by atoms with E-state index in [1.165, 1.54) is 0 Å². The highest BCUT2D eigenvalue weighted by Gasteiger charge is 2.04. The van der Waals surface area contributed by atoms with Crippen molar-refractivity contribution < 1.29 is 9.00 Å². The molecular weight excluding hydrogens is 234 g/mol. The van der Waals surface area contributed by atoms with Crippen molar-refractivity contribution >= 4 is 16.7 Å². The molecule has 1 aromatic carbocycles. The van der Waals surface area contributed by atoms with E-state index in [9.17, 15) is 9.00 Å². The number of nitrogens with one attached hydrogen (secondary N) is 1. The lowest BCUT2D eigenvalue weighted by Crippen LogP contribution is -2.27. The highest BCUT2D eigenvalue weighted by molar-refractivity contribution is 7.85. The predicted molar refractivity (Wildman–Crippen MR) is 70.2 cm³/mol. The van der Waals surface area contributed by atoms with E-state index < -0.39 is 10.8 Å². The van der Waals surface area contributed by atoms with Gasteiger partial charge in [-0.25, -0.2) is 0 Å². The fourth-order valence-corrected chi connectivity index (χ4v) is 2.28. The summed E-state index contributed by atoms with van der Waals surface area (Å²) < 4.78 is 11.8. The first-order valence-corrected chi connectivity index (χ1v) is 6.87. The molecule has 0 radical (unpaired) electrons. The zero-order valence-corrected chi connectivity index (χ0v) is 10.5. The Morgan fingerprint density at radius 2 is 2.06 bits per heavy atom. The maximum absolute atomic E-state index is 11.8. The van der Waals surface area contributed by atoms with Crippen LogP contribution in [-0.2, 0) is 15.6 Å². The van der Waals surface area contributed by atoms with Crippen molar-refractivity contribution in [1.29, 1.82) is 0 Å². The molecule has 1 atom stereocenters. The molecule has 0 aliphatic rings. The number of allylic oxidation sites excluding steroid dienone is 1. The summed E-state index contributed by atoms with van der Waals surface area (Å²) in [5, 5.41) is 2.74. The molecular formula is C13H17NO2S. The Hall–Kier alpha value is -1.42. The summed E-state index contributed by atoms with van der Waals surface area (Å²) in [6.07, 6.45) is 2.83. The van der Waals surface area contributed by atoms with Crippen LogP contribution in [0.2, 0.25) is 0 Å². The minimum Gasteiger partial charge on any atom is -0.355 e. The first-order chi connectivity index (χ1) is 8.24. The van der Waals surface area contributed by atoms with E-state index in [0.29, 0.717) is 25.1 Å². The Morgan fingerprint density at radius 3 is 2.71 bits per heavy atom. The van der Waals surface area contributed by atoms with E-state index in [1.807, 2.05) is 30.3 Å². The van der Waals surface area contributed by atoms with Crippen LogP contribution in [0.25, 0.3) is 0 Å². The third-order valence-corrected chi connectivity index (χ3v) is 3.56. The first kappa shape index (κ1) is 13.6. The van der Waals surface area contributed by atoms with Crippen molar-refractivity contribution in [1.82, 2.24) is 5.32 Å². The Bertz CT molecular complexity index is 390. The second-order valence-corrected chi connectivity index (χ2v) is 5.11. The predicted octanol–water partition coefficient (Wildman–Crippen LogP) is 1.88. The van der Waals surface area contributed by atoms with E-state index in [2.05, 4.69) is 11.9 Å². The van der Waals surface area contributed by atoms with Crippen molar-refractivity contribution in [2.24, 2.45) is 0 Å². The van der Waals surface area contributed by atoms with Gasteiger partial charge in [0.1, 0.15) is 0 Å². The van der Waals surface area contributed by atoms with E-state index in [1.54, 1.807) is 6.08 Å². The van der Waals surface area contributed by atoms with Crippen LogP contribution in [0.1, 0.15) is 12.8 Å². The zero-order chi connectivity index (χ0) is 12.5. The van der Waals surface area contributed by atoms with Crippen LogP contribution in [0.15, 0.2) is 47.9 Å². The van der Waals surface area contributed by atoms with Gasteiger partial charge in [-0.1, -0.05) is 24.3 Å². The second-order valence-electron chi connectivity index (χ2n) is 3.54. The Balaban J connectivity index is 2.25. The van der Waals surface area contributed by atoms with E-state index >= 15 is 0 Å². The lowest BCUT2D eigenvalue weighted by atomic mass is 10.3. The van der Waals surface area contributed by atoms with Crippen molar-refractivity contribution in [3.8, 4) is 0 Å². The first-order valence-electron chi connectivity index (χ1n) is 5.55. The molecule has 0 saturated heterocycles. The molecule has 0 spiro atoms. The topological polar surface area (TPSA) is 46.2 Å². The van der Waals surface area contributed by atoms with Crippen molar-refractivity contribution in [2.75, 3.05) is 12.3 Å². The third-order valence-electron chi connectivity index (χ3n) is 2.19. The highest BCUT2D eigenvalue weighted by Crippen LogP contribution is 2.04. The third kappa shape index (κ3) is 5.45. The maximum Gasteiger partial charge on any atom is 0.220 e. The molecule has 0 aliphatic heterocycles. The zero-order valence-electron chi connectivity index (χ0n) is 9.72. The molecule has 0 aromatic heterocycles. The largest absolute Gasteiger partial charge is 0.355 e. The average Bonchev–Trinajstić information content (AvgIpc) is 2.37. The monoisotopic (exact) mass is 251 g/mol. The lowest BCUT2D eigenvalue weighted by Gasteiger charge is -2.04. The fraction of sp³-hybridized carbons (Fsp3) is 0.308. The van der Waals surface area contributed by atoms with Crippen LogP contribution in [-0.4, -0.2) is 22.4 Å². The molecule has 0 fully saturated rings. The van der Waals surface area contributed by atoms with Gasteiger partial charge in [0, 0.05) is 23.6 Å². The Kier molecular flexibility index (Phi) is 6.25. The summed E-state index contributed by atoms with van der Waals surface area (Å²) in [5.41, 5.74) is 0. The molecule has 3 nitrogen and oxygen atoms in total. The van der Waals surface area contributed by atoms with Crippen LogP contribution >= 0.6 is 0 Å². The van der Waals surface area contributed by atoms with Gasteiger partial charge in [-0.3, -0.25) is 9.00 Å². The van der Waals surface area contributed by atoms with Gasteiger partial charge in [0.2, 0.25) is 5.91 Å². The van der Waals surface area contributed by atoms with Crippen molar-refractivity contribution in [2.45, 2.75) is 17.7 Å². The number of carbonyl (C=O) groups excluding carboxylic acids is 1. The number of benzene rings is 1. The SMILES string of the molecule is C=CCCC(=O)NCC[S@@](=O)c1ccccc1. The average molecular weight is 251 g/mol. The Labute approximate surface area is 104 Å². The molecule has 1 aromatic rings. The van der Waals surface area contributed by atoms with Crippen LogP contribution in [0.3, 0.4) is 0 Å². The molecule has 0 bridgehead atoms. The van der Waals surface area contributed by atoms with E-state index in [4.69, 9.17) is 0 Å². The molecule has 0 saturated carbocycles. The molecule has 92 valence electrons. The molecule has 1 rings (SSSR count). The smallest absolute Gasteiger partial charge is 0.220 e. The van der Waals surface area contributed by atoms with Crippen LogP contribution in [0, 0.1) is 0 Å². The van der Waals surface area contributed by atoms with Gasteiger partial charge < -0.3 is 5.32 Å². The van der Waals surface area contributed by atoms with Crippen molar-refractivity contribution in [3.63, 3.8) is 0 Å². The van der Waals surface area contributed by atoms with E-state index in [-0.39, 0.29) is 5.91 Å². The molecule has 17 heavy (non-hydrogen) atoms. The summed E-state index contributed by atoms with van der Waals surface area (Å²) in [7, 11) is -1.04. The molecule has 0 unspecified atom stereocenters. The van der Waals surface area contributed by atoms with Gasteiger partial charge in [0.05, 0.1) is 10.8 Å². The van der Waals surface area contributed by atoms with Gasteiger partial charge in [0.25, 0.3) is 0 Å². The molecule has 0 aliphatic carbocycles. The standard InChI is InChI=1S/C13H17NO2S/c1-2-3-9-13(15)14-10-11-17(16)12-7-5-4-6-8-12/h2,4-8H,1,3,9-11H2,(H,14,15)/t17-/m1/s1.